The highest BCUT2D eigenvalue weighted by Gasteiger charge is 2.43. The second-order valence-electron chi connectivity index (χ2n) is 3.52. The molecule has 0 saturated carbocycles. The van der Waals surface area contributed by atoms with E-state index in [-0.39, 0.29) is 5.56 Å². The lowest BCUT2D eigenvalue weighted by Crippen LogP contribution is -2.38. The van der Waals surface area contributed by atoms with Crippen molar-refractivity contribution in [1.82, 2.24) is 0 Å². The number of hydrogen-bond donors (Lipinski definition) is 1. The quantitative estimate of drug-likeness (QED) is 0.805. The number of aliphatic hydroxyl groups excluding tert-OH is 1. The zero-order valence-corrected chi connectivity index (χ0v) is 8.91. The lowest BCUT2D eigenvalue weighted by molar-refractivity contribution is -0.161. The molecule has 1 N–H and O–H groups in total. The molecule has 88 valence electrons. The fraction of sp³-hybridized carbons (Fsp3) is 0.364. The van der Waals surface area contributed by atoms with Gasteiger partial charge in [0.05, 0.1) is 7.11 Å². The van der Waals surface area contributed by atoms with E-state index in [2.05, 4.69) is 4.74 Å². The van der Waals surface area contributed by atoms with E-state index in [1.165, 1.54) is 12.1 Å². The predicted octanol–water partition coefficient (Wildman–Crippen LogP) is 1.76. The van der Waals surface area contributed by atoms with Gasteiger partial charge in [0.1, 0.15) is 11.9 Å². The molecule has 0 fully saturated rings. The number of aliphatic hydroxyl groups is 1. The number of hydrogen-bond acceptors (Lipinski definition) is 3. The Morgan fingerprint density at radius 3 is 2.38 bits per heavy atom. The third kappa shape index (κ3) is 2.36. The summed E-state index contributed by atoms with van der Waals surface area (Å²) in [6.07, 6.45) is -1.69. The summed E-state index contributed by atoms with van der Waals surface area (Å²) in [6.45, 7) is 0.910. The van der Waals surface area contributed by atoms with Gasteiger partial charge < -0.3 is 9.84 Å². The zero-order valence-electron chi connectivity index (χ0n) is 8.91. The summed E-state index contributed by atoms with van der Waals surface area (Å²) in [5.41, 5.74) is -2.45. The molecule has 0 aromatic heterocycles. The molecule has 0 saturated heterocycles. The number of ether oxygens (including phenoxy) is 1. The number of halogens is 2. The van der Waals surface area contributed by atoms with E-state index in [0.29, 0.717) is 0 Å². The van der Waals surface area contributed by atoms with Gasteiger partial charge in [-0.2, -0.15) is 0 Å². The molecule has 0 unspecified atom stereocenters. The monoisotopic (exact) mass is 230 g/mol. The van der Waals surface area contributed by atoms with E-state index in [1.807, 2.05) is 0 Å². The Morgan fingerprint density at radius 2 is 1.94 bits per heavy atom. The molecule has 0 radical (unpaired) electrons. The minimum atomic E-state index is -2.56. The van der Waals surface area contributed by atoms with Gasteiger partial charge in [-0.05, 0) is 24.6 Å². The van der Waals surface area contributed by atoms with Crippen molar-refractivity contribution in [3.05, 3.63) is 35.6 Å². The largest absolute Gasteiger partial charge is 0.467 e. The number of benzene rings is 1. The summed E-state index contributed by atoms with van der Waals surface area (Å²) in [7, 11) is 1.03. The van der Waals surface area contributed by atoms with Crippen molar-refractivity contribution in [2.75, 3.05) is 7.11 Å². The summed E-state index contributed by atoms with van der Waals surface area (Å²) in [5, 5.41) is 9.64. The summed E-state index contributed by atoms with van der Waals surface area (Å²) in [4.78, 5) is 11.1. The fourth-order valence-corrected chi connectivity index (χ4v) is 1.27. The molecule has 16 heavy (non-hydrogen) atoms. The molecular formula is C11H12F2O3. The number of methoxy groups -OCH3 is 1. The zero-order chi connectivity index (χ0) is 12.3. The first-order chi connectivity index (χ1) is 7.39. The molecule has 0 heterocycles. The standard InChI is InChI=1S/C11H12F2O3/c1-11(13,10(15)16-2)9(14)7-3-5-8(12)6-4-7/h3-6,9,14H,1-2H3/t9-,11+/m0/s1. The van der Waals surface area contributed by atoms with Crippen molar-refractivity contribution in [2.45, 2.75) is 18.7 Å². The van der Waals surface area contributed by atoms with Gasteiger partial charge >= 0.3 is 5.97 Å². The normalized spacial score (nSPS) is 16.3. The minimum Gasteiger partial charge on any atom is -0.467 e. The molecular weight excluding hydrogens is 218 g/mol. The average molecular weight is 230 g/mol. The van der Waals surface area contributed by atoms with Crippen molar-refractivity contribution < 1.29 is 23.4 Å². The average Bonchev–Trinajstić information content (AvgIpc) is 2.28. The number of alkyl halides is 1. The van der Waals surface area contributed by atoms with Crippen LogP contribution in [0.3, 0.4) is 0 Å². The first-order valence-electron chi connectivity index (χ1n) is 4.60. The van der Waals surface area contributed by atoms with Gasteiger partial charge in [-0.1, -0.05) is 12.1 Å². The maximum Gasteiger partial charge on any atom is 0.346 e. The van der Waals surface area contributed by atoms with Crippen LogP contribution in [0.4, 0.5) is 8.78 Å². The highest BCUT2D eigenvalue weighted by molar-refractivity contribution is 5.79. The number of carbonyl (C=O) groups is 1. The second-order valence-corrected chi connectivity index (χ2v) is 3.52. The highest BCUT2D eigenvalue weighted by atomic mass is 19.1. The fourth-order valence-electron chi connectivity index (χ4n) is 1.27. The van der Waals surface area contributed by atoms with Gasteiger partial charge in [0, 0.05) is 0 Å². The molecule has 0 aliphatic heterocycles. The summed E-state index contributed by atoms with van der Waals surface area (Å²) < 4.78 is 30.7. The molecule has 0 aliphatic carbocycles. The van der Waals surface area contributed by atoms with E-state index in [9.17, 15) is 18.7 Å². The molecule has 0 amide bonds. The van der Waals surface area contributed by atoms with Gasteiger partial charge in [0.25, 0.3) is 0 Å². The van der Waals surface area contributed by atoms with E-state index in [1.54, 1.807) is 0 Å². The van der Waals surface area contributed by atoms with Crippen LogP contribution >= 0.6 is 0 Å². The van der Waals surface area contributed by atoms with Crippen molar-refractivity contribution in [1.29, 1.82) is 0 Å². The van der Waals surface area contributed by atoms with Crippen molar-refractivity contribution in [3.8, 4) is 0 Å². The summed E-state index contributed by atoms with van der Waals surface area (Å²) in [5.74, 6) is -1.68. The first kappa shape index (κ1) is 12.6. The van der Waals surface area contributed by atoms with Crippen molar-refractivity contribution in [2.24, 2.45) is 0 Å². The third-order valence-electron chi connectivity index (χ3n) is 2.28. The van der Waals surface area contributed by atoms with Crippen LogP contribution in [0.2, 0.25) is 0 Å². The van der Waals surface area contributed by atoms with Crippen LogP contribution in [0.1, 0.15) is 18.6 Å². The van der Waals surface area contributed by atoms with E-state index < -0.39 is 23.6 Å². The summed E-state index contributed by atoms with van der Waals surface area (Å²) in [6, 6.07) is 4.57. The van der Waals surface area contributed by atoms with Crippen LogP contribution in [-0.2, 0) is 9.53 Å². The van der Waals surface area contributed by atoms with Crippen LogP contribution in [-0.4, -0.2) is 23.9 Å². The van der Waals surface area contributed by atoms with Gasteiger partial charge in [0.2, 0.25) is 5.67 Å². The molecule has 0 bridgehead atoms. The Hall–Kier alpha value is -1.49. The lowest BCUT2D eigenvalue weighted by atomic mass is 9.94. The molecule has 1 aromatic rings. The van der Waals surface area contributed by atoms with Gasteiger partial charge in [-0.3, -0.25) is 0 Å². The SMILES string of the molecule is COC(=O)[C@](C)(F)[C@@H](O)c1ccc(F)cc1. The Bertz CT molecular complexity index is 373. The number of rotatable bonds is 3. The second kappa shape index (κ2) is 4.57. The van der Waals surface area contributed by atoms with Crippen LogP contribution in [0.5, 0.6) is 0 Å². The molecule has 3 nitrogen and oxygen atoms in total. The van der Waals surface area contributed by atoms with E-state index >= 15 is 0 Å². The lowest BCUT2D eigenvalue weighted by Gasteiger charge is -2.23. The Labute approximate surface area is 91.7 Å². The first-order valence-corrected chi connectivity index (χ1v) is 4.60. The minimum absolute atomic E-state index is 0.108. The predicted molar refractivity (Wildman–Crippen MR) is 52.9 cm³/mol. The smallest absolute Gasteiger partial charge is 0.346 e. The molecule has 2 atom stereocenters. The van der Waals surface area contributed by atoms with Crippen molar-refractivity contribution >= 4 is 5.97 Å². The van der Waals surface area contributed by atoms with Gasteiger partial charge in [-0.25, -0.2) is 13.6 Å². The topological polar surface area (TPSA) is 46.5 Å². The maximum atomic E-state index is 13.8. The Kier molecular flexibility index (Phi) is 3.59. The molecule has 1 aromatic carbocycles. The molecule has 0 aliphatic rings. The van der Waals surface area contributed by atoms with Crippen LogP contribution in [0, 0.1) is 5.82 Å². The number of esters is 1. The van der Waals surface area contributed by atoms with Gasteiger partial charge in [0.15, 0.2) is 0 Å². The molecule has 0 spiro atoms. The van der Waals surface area contributed by atoms with Crippen LogP contribution in [0.15, 0.2) is 24.3 Å². The third-order valence-corrected chi connectivity index (χ3v) is 2.28. The van der Waals surface area contributed by atoms with Crippen LogP contribution in [0.25, 0.3) is 0 Å². The molecule has 1 rings (SSSR count). The number of carbonyl (C=O) groups excluding carboxylic acids is 1. The van der Waals surface area contributed by atoms with Crippen LogP contribution < -0.4 is 0 Å². The Balaban J connectivity index is 2.97. The van der Waals surface area contributed by atoms with Gasteiger partial charge in [-0.15, -0.1) is 0 Å². The highest BCUT2D eigenvalue weighted by Crippen LogP contribution is 2.30. The van der Waals surface area contributed by atoms with Crippen molar-refractivity contribution in [3.63, 3.8) is 0 Å². The summed E-state index contributed by atoms with van der Waals surface area (Å²) >= 11 is 0. The maximum absolute atomic E-state index is 13.8. The van der Waals surface area contributed by atoms with E-state index in [0.717, 1.165) is 26.2 Å². The molecule has 5 heteroatoms. The Morgan fingerprint density at radius 1 is 1.44 bits per heavy atom. The van der Waals surface area contributed by atoms with E-state index in [4.69, 9.17) is 0 Å².